The maximum absolute atomic E-state index is 13.2. The van der Waals surface area contributed by atoms with Gasteiger partial charge in [0.15, 0.2) is 12.6 Å². The Bertz CT molecular complexity index is 1430. The highest BCUT2D eigenvalue weighted by Crippen LogP contribution is 2.30. The Balaban J connectivity index is 1.59. The van der Waals surface area contributed by atoms with Gasteiger partial charge in [-0.1, -0.05) is 243 Å². The van der Waals surface area contributed by atoms with Crippen LogP contribution in [0.2, 0.25) is 0 Å². The van der Waals surface area contributed by atoms with Gasteiger partial charge in [-0.3, -0.25) is 4.79 Å². The predicted molar refractivity (Wildman–Crippen MR) is 309 cm³/mol. The molecule has 2 aliphatic heterocycles. The minimum atomic E-state index is -1.78. The summed E-state index contributed by atoms with van der Waals surface area (Å²) < 4.78 is 22.8. The van der Waals surface area contributed by atoms with E-state index >= 15 is 0 Å². The summed E-state index contributed by atoms with van der Waals surface area (Å²) in [6.07, 6.45) is 43.2. The van der Waals surface area contributed by atoms with Crippen LogP contribution in [-0.4, -0.2) is 140 Å². The fourth-order valence-electron chi connectivity index (χ4n) is 10.5. The monoisotopic (exact) mass is 1100 g/mol. The first-order chi connectivity index (χ1) is 37.6. The maximum Gasteiger partial charge on any atom is 0.220 e. The van der Waals surface area contributed by atoms with E-state index in [0.29, 0.717) is 12.8 Å². The quantitative estimate of drug-likeness (QED) is 0.0204. The number of rotatable bonds is 51. The number of amides is 1. The van der Waals surface area contributed by atoms with Crippen LogP contribution in [-0.2, 0) is 23.7 Å². The molecule has 0 saturated carbocycles. The number of aliphatic hydroxyl groups is 8. The molecular formula is C63H117NO13. The second kappa shape index (κ2) is 48.9. The second-order valence-electron chi connectivity index (χ2n) is 22.5. The van der Waals surface area contributed by atoms with Gasteiger partial charge in [-0.2, -0.15) is 0 Å². The van der Waals surface area contributed by atoms with Gasteiger partial charge in [0.25, 0.3) is 0 Å². The normalized spacial score (nSPS) is 24.9. The van der Waals surface area contributed by atoms with E-state index in [1.54, 1.807) is 0 Å². The van der Waals surface area contributed by atoms with Crippen LogP contribution in [0.1, 0.15) is 264 Å². The van der Waals surface area contributed by atoms with Crippen molar-refractivity contribution < 1.29 is 64.6 Å². The third-order valence-corrected chi connectivity index (χ3v) is 15.6. The van der Waals surface area contributed by atoms with Crippen molar-refractivity contribution in [1.29, 1.82) is 0 Å². The van der Waals surface area contributed by atoms with Crippen molar-refractivity contribution in [3.05, 3.63) is 36.5 Å². The van der Waals surface area contributed by atoms with Crippen molar-refractivity contribution in [3.63, 3.8) is 0 Å². The SMILES string of the molecule is CCCCCCC/C=C\C/C=C\C/C=C\CCCCCCCCCCCCCCCCCCCCC(=O)NC(COC1OC(CO)C(OC2OC(CO)C(O)C(O)C2O)C(O)C1O)C(O)CCCCCCCCCCCC. The minimum absolute atomic E-state index is 0.206. The predicted octanol–water partition coefficient (Wildman–Crippen LogP) is 11.4. The summed E-state index contributed by atoms with van der Waals surface area (Å²) in [5, 5.41) is 87.1. The first-order valence-corrected chi connectivity index (χ1v) is 31.7. The van der Waals surface area contributed by atoms with Crippen LogP contribution in [0, 0.1) is 0 Å². The Kier molecular flexibility index (Phi) is 45.3. The average Bonchev–Trinajstić information content (AvgIpc) is 3.45. The molecule has 0 spiro atoms. The lowest BCUT2D eigenvalue weighted by Gasteiger charge is -2.46. The molecule has 0 bridgehead atoms. The molecule has 0 radical (unpaired) electrons. The van der Waals surface area contributed by atoms with Gasteiger partial charge in [0.05, 0.1) is 32.0 Å². The van der Waals surface area contributed by atoms with Gasteiger partial charge in [-0.05, 0) is 51.4 Å². The molecule has 452 valence electrons. The molecule has 2 aliphatic rings. The Hall–Kier alpha value is -1.79. The zero-order valence-corrected chi connectivity index (χ0v) is 48.7. The zero-order chi connectivity index (χ0) is 56.0. The second-order valence-corrected chi connectivity index (χ2v) is 22.5. The van der Waals surface area contributed by atoms with Crippen LogP contribution in [0.3, 0.4) is 0 Å². The van der Waals surface area contributed by atoms with Crippen molar-refractivity contribution >= 4 is 5.91 Å². The molecule has 77 heavy (non-hydrogen) atoms. The van der Waals surface area contributed by atoms with E-state index in [2.05, 4.69) is 55.6 Å². The Morgan fingerprint density at radius 1 is 0.468 bits per heavy atom. The topological polar surface area (TPSA) is 228 Å². The lowest BCUT2D eigenvalue weighted by molar-refractivity contribution is -0.359. The van der Waals surface area contributed by atoms with Gasteiger partial charge in [-0.15, -0.1) is 0 Å². The average molecular weight is 1100 g/mol. The number of allylic oxidation sites excluding steroid dienone is 6. The third-order valence-electron chi connectivity index (χ3n) is 15.6. The van der Waals surface area contributed by atoms with Crippen LogP contribution >= 0.6 is 0 Å². The summed E-state index contributed by atoms with van der Waals surface area (Å²) in [7, 11) is 0. The van der Waals surface area contributed by atoms with Gasteiger partial charge in [0.1, 0.15) is 48.8 Å². The first-order valence-electron chi connectivity index (χ1n) is 31.7. The largest absolute Gasteiger partial charge is 0.394 e. The summed E-state index contributed by atoms with van der Waals surface area (Å²) in [4.78, 5) is 13.2. The van der Waals surface area contributed by atoms with E-state index in [1.165, 1.54) is 173 Å². The molecule has 2 heterocycles. The van der Waals surface area contributed by atoms with Gasteiger partial charge in [0.2, 0.25) is 5.91 Å². The molecule has 14 nitrogen and oxygen atoms in total. The summed E-state index contributed by atoms with van der Waals surface area (Å²) in [6, 6.07) is -0.825. The highest BCUT2D eigenvalue weighted by atomic mass is 16.7. The molecule has 2 rings (SSSR count). The van der Waals surface area contributed by atoms with Gasteiger partial charge >= 0.3 is 0 Å². The number of ether oxygens (including phenoxy) is 4. The number of carbonyl (C=O) groups excluding carboxylic acids is 1. The van der Waals surface area contributed by atoms with E-state index in [1.807, 2.05) is 0 Å². The molecule has 14 heteroatoms. The number of carbonyl (C=O) groups is 1. The number of aliphatic hydroxyl groups excluding tert-OH is 8. The standard InChI is InChI=1S/C63H117NO13/c1-3-5-7-9-11-13-15-16-17-18-19-20-21-22-23-24-25-26-27-28-29-30-31-32-33-34-35-36-37-39-41-43-45-47-55(68)64-51(52(67)46-44-42-40-38-14-12-10-8-6-4-2)50-74-62-60(73)58(71)61(54(49-66)76-62)77-63-59(72)57(70)56(69)53(48-65)75-63/h15-16,18-19,21-22,51-54,56-63,65-67,69-73H,3-14,17,20,23-50H2,1-2H3,(H,64,68)/b16-15-,19-18-,22-21-. The lowest BCUT2D eigenvalue weighted by atomic mass is 9.97. The van der Waals surface area contributed by atoms with Crippen LogP contribution in [0.5, 0.6) is 0 Å². The van der Waals surface area contributed by atoms with E-state index in [4.69, 9.17) is 18.9 Å². The van der Waals surface area contributed by atoms with Gasteiger partial charge < -0.3 is 65.1 Å². The number of unbranched alkanes of at least 4 members (excludes halogenated alkanes) is 32. The fraction of sp³-hybridized carbons (Fsp3) is 0.889. The number of hydrogen-bond donors (Lipinski definition) is 9. The molecule has 0 aromatic heterocycles. The lowest BCUT2D eigenvalue weighted by Crippen LogP contribution is -2.65. The molecule has 0 aromatic rings. The highest BCUT2D eigenvalue weighted by molar-refractivity contribution is 5.76. The summed E-state index contributed by atoms with van der Waals surface area (Å²) in [5.41, 5.74) is 0. The molecule has 1 amide bonds. The zero-order valence-electron chi connectivity index (χ0n) is 48.7. The summed E-state index contributed by atoms with van der Waals surface area (Å²) in [5.74, 6) is -0.206. The number of nitrogens with one attached hydrogen (secondary N) is 1. The van der Waals surface area contributed by atoms with Crippen molar-refractivity contribution in [2.45, 2.75) is 338 Å². The van der Waals surface area contributed by atoms with E-state index in [9.17, 15) is 45.6 Å². The third kappa shape index (κ3) is 34.3. The van der Waals surface area contributed by atoms with E-state index in [0.717, 1.165) is 64.2 Å². The van der Waals surface area contributed by atoms with E-state index in [-0.39, 0.29) is 12.5 Å². The van der Waals surface area contributed by atoms with E-state index < -0.39 is 86.8 Å². The first kappa shape index (κ1) is 71.3. The van der Waals surface area contributed by atoms with Crippen molar-refractivity contribution in [2.24, 2.45) is 0 Å². The van der Waals surface area contributed by atoms with Crippen LogP contribution < -0.4 is 5.32 Å². The molecule has 12 unspecified atom stereocenters. The maximum atomic E-state index is 13.2. The highest BCUT2D eigenvalue weighted by Gasteiger charge is 2.51. The van der Waals surface area contributed by atoms with Crippen LogP contribution in [0.25, 0.3) is 0 Å². The summed E-state index contributed by atoms with van der Waals surface area (Å²) >= 11 is 0. The van der Waals surface area contributed by atoms with Gasteiger partial charge in [-0.25, -0.2) is 0 Å². The Labute approximate surface area is 468 Å². The van der Waals surface area contributed by atoms with Crippen LogP contribution in [0.15, 0.2) is 36.5 Å². The molecule has 0 aromatic carbocycles. The molecular weight excluding hydrogens is 979 g/mol. The molecule has 12 atom stereocenters. The fourth-order valence-corrected chi connectivity index (χ4v) is 10.5. The van der Waals surface area contributed by atoms with Crippen LogP contribution in [0.4, 0.5) is 0 Å². The van der Waals surface area contributed by atoms with Crippen molar-refractivity contribution in [2.75, 3.05) is 19.8 Å². The molecule has 9 N–H and O–H groups in total. The van der Waals surface area contributed by atoms with Crippen molar-refractivity contribution in [1.82, 2.24) is 5.32 Å². The Morgan fingerprint density at radius 3 is 1.31 bits per heavy atom. The number of hydrogen-bond acceptors (Lipinski definition) is 13. The minimum Gasteiger partial charge on any atom is -0.394 e. The molecule has 2 saturated heterocycles. The molecule has 2 fully saturated rings. The smallest absolute Gasteiger partial charge is 0.220 e. The van der Waals surface area contributed by atoms with Crippen molar-refractivity contribution in [3.8, 4) is 0 Å². The summed E-state index contributed by atoms with van der Waals surface area (Å²) in [6.45, 7) is 2.84. The Morgan fingerprint density at radius 2 is 0.857 bits per heavy atom. The van der Waals surface area contributed by atoms with Gasteiger partial charge in [0, 0.05) is 6.42 Å². The molecule has 0 aliphatic carbocycles.